The second-order valence-electron chi connectivity index (χ2n) is 4.35. The molecule has 100 valence electrons. The number of hydrogen-bond acceptors (Lipinski definition) is 4. The Hall–Kier alpha value is -2.20. The van der Waals surface area contributed by atoms with Gasteiger partial charge < -0.3 is 5.32 Å². The molecule has 0 bridgehead atoms. The number of nitrogens with zero attached hydrogens (tertiary/aromatic N) is 3. The lowest BCUT2D eigenvalue weighted by Crippen LogP contribution is -2.05. The summed E-state index contributed by atoms with van der Waals surface area (Å²) in [4.78, 5) is 13.0. The number of rotatable bonds is 4. The fourth-order valence-corrected chi connectivity index (χ4v) is 2.13. The molecule has 0 aliphatic rings. The summed E-state index contributed by atoms with van der Waals surface area (Å²) in [5.74, 6) is 1.72. The van der Waals surface area contributed by atoms with Crippen LogP contribution in [-0.2, 0) is 12.4 Å². The summed E-state index contributed by atoms with van der Waals surface area (Å²) in [5, 5.41) is 4.32. The van der Waals surface area contributed by atoms with E-state index < -0.39 is 0 Å². The summed E-state index contributed by atoms with van der Waals surface area (Å²) < 4.78 is 0. The van der Waals surface area contributed by atoms with E-state index >= 15 is 0 Å². The van der Waals surface area contributed by atoms with E-state index in [-0.39, 0.29) is 0 Å². The van der Waals surface area contributed by atoms with Crippen molar-refractivity contribution in [1.82, 2.24) is 15.0 Å². The third-order valence-electron chi connectivity index (χ3n) is 2.95. The maximum absolute atomic E-state index is 5.85. The molecule has 0 unspecified atom stereocenters. The van der Waals surface area contributed by atoms with Gasteiger partial charge in [-0.15, -0.1) is 11.6 Å². The largest absolute Gasteiger partial charge is 0.365 e. The van der Waals surface area contributed by atoms with Gasteiger partial charge in [0.25, 0.3) is 0 Å². The zero-order chi connectivity index (χ0) is 13.8. The van der Waals surface area contributed by atoms with Crippen LogP contribution in [0.15, 0.2) is 48.8 Å². The Bertz CT molecular complexity index is 715. The SMILES string of the molecule is ClCc1nc(NCc2cccnc2)c2ccccc2n1. The summed E-state index contributed by atoms with van der Waals surface area (Å²) in [6.45, 7) is 0.663. The number of anilines is 1. The summed E-state index contributed by atoms with van der Waals surface area (Å²) in [6.07, 6.45) is 3.59. The van der Waals surface area contributed by atoms with Gasteiger partial charge in [0.15, 0.2) is 0 Å². The van der Waals surface area contributed by atoms with Crippen molar-refractivity contribution in [1.29, 1.82) is 0 Å². The lowest BCUT2D eigenvalue weighted by molar-refractivity contribution is 1.03. The van der Waals surface area contributed by atoms with Gasteiger partial charge in [-0.2, -0.15) is 0 Å². The number of halogens is 1. The van der Waals surface area contributed by atoms with E-state index in [0.29, 0.717) is 18.2 Å². The van der Waals surface area contributed by atoms with Crippen LogP contribution in [0.4, 0.5) is 5.82 Å². The molecule has 0 radical (unpaired) electrons. The summed E-state index contributed by atoms with van der Waals surface area (Å²) in [6, 6.07) is 11.8. The van der Waals surface area contributed by atoms with E-state index in [1.807, 2.05) is 42.6 Å². The van der Waals surface area contributed by atoms with Crippen molar-refractivity contribution in [2.75, 3.05) is 5.32 Å². The molecular formula is C15H13ClN4. The number of hydrogen-bond donors (Lipinski definition) is 1. The molecule has 2 heterocycles. The zero-order valence-electron chi connectivity index (χ0n) is 10.8. The molecule has 0 fully saturated rings. The highest BCUT2D eigenvalue weighted by molar-refractivity contribution is 6.16. The first-order valence-electron chi connectivity index (χ1n) is 6.31. The van der Waals surface area contributed by atoms with Gasteiger partial charge >= 0.3 is 0 Å². The molecule has 0 saturated carbocycles. The molecule has 4 nitrogen and oxygen atoms in total. The average molecular weight is 285 g/mol. The number of aromatic nitrogens is 3. The number of alkyl halides is 1. The molecule has 0 aliphatic carbocycles. The standard InChI is InChI=1S/C15H13ClN4/c16-8-14-19-13-6-2-1-5-12(13)15(20-14)18-10-11-4-3-7-17-9-11/h1-7,9H,8,10H2,(H,18,19,20). The zero-order valence-corrected chi connectivity index (χ0v) is 11.5. The molecule has 0 spiro atoms. The van der Waals surface area contributed by atoms with E-state index in [2.05, 4.69) is 20.3 Å². The lowest BCUT2D eigenvalue weighted by Gasteiger charge is -2.09. The normalized spacial score (nSPS) is 10.7. The van der Waals surface area contributed by atoms with Crippen LogP contribution in [0.5, 0.6) is 0 Å². The Morgan fingerprint density at radius 2 is 1.95 bits per heavy atom. The Balaban J connectivity index is 1.93. The predicted octanol–water partition coefficient (Wildman–Crippen LogP) is 3.38. The quantitative estimate of drug-likeness (QED) is 0.746. The van der Waals surface area contributed by atoms with Gasteiger partial charge in [0.05, 0.1) is 11.4 Å². The fourth-order valence-electron chi connectivity index (χ4n) is 2.01. The molecule has 3 aromatic rings. The lowest BCUT2D eigenvalue weighted by atomic mass is 10.2. The number of nitrogens with one attached hydrogen (secondary N) is 1. The van der Waals surface area contributed by atoms with Crippen LogP contribution in [0.3, 0.4) is 0 Å². The summed E-state index contributed by atoms with van der Waals surface area (Å²) in [5.41, 5.74) is 1.99. The molecule has 0 aliphatic heterocycles. The van der Waals surface area contributed by atoms with Gasteiger partial charge in [-0.3, -0.25) is 4.98 Å². The van der Waals surface area contributed by atoms with Crippen molar-refractivity contribution in [2.24, 2.45) is 0 Å². The van der Waals surface area contributed by atoms with Gasteiger partial charge in [-0.1, -0.05) is 18.2 Å². The molecule has 0 amide bonds. The Kier molecular flexibility index (Phi) is 3.74. The highest BCUT2D eigenvalue weighted by Crippen LogP contribution is 2.21. The highest BCUT2D eigenvalue weighted by Gasteiger charge is 2.06. The van der Waals surface area contributed by atoms with Crippen molar-refractivity contribution in [2.45, 2.75) is 12.4 Å². The molecule has 1 N–H and O–H groups in total. The Labute approximate surface area is 121 Å². The minimum Gasteiger partial charge on any atom is -0.365 e. The van der Waals surface area contributed by atoms with Crippen LogP contribution in [0.2, 0.25) is 0 Å². The van der Waals surface area contributed by atoms with E-state index in [1.54, 1.807) is 6.20 Å². The Morgan fingerprint density at radius 1 is 1.05 bits per heavy atom. The third-order valence-corrected chi connectivity index (χ3v) is 3.19. The molecule has 1 aromatic carbocycles. The predicted molar refractivity (Wildman–Crippen MR) is 80.7 cm³/mol. The van der Waals surface area contributed by atoms with Crippen LogP contribution in [0.25, 0.3) is 10.9 Å². The average Bonchev–Trinajstić information content (AvgIpc) is 2.53. The molecule has 3 rings (SSSR count). The second-order valence-corrected chi connectivity index (χ2v) is 4.62. The summed E-state index contributed by atoms with van der Waals surface area (Å²) in [7, 11) is 0. The van der Waals surface area contributed by atoms with Crippen molar-refractivity contribution in [3.05, 3.63) is 60.2 Å². The molecule has 2 aromatic heterocycles. The molecular weight excluding hydrogens is 272 g/mol. The van der Waals surface area contributed by atoms with Gasteiger partial charge in [0, 0.05) is 24.3 Å². The monoisotopic (exact) mass is 284 g/mol. The fraction of sp³-hybridized carbons (Fsp3) is 0.133. The number of benzene rings is 1. The first-order valence-corrected chi connectivity index (χ1v) is 6.84. The van der Waals surface area contributed by atoms with E-state index in [1.165, 1.54) is 0 Å². The van der Waals surface area contributed by atoms with E-state index in [9.17, 15) is 0 Å². The van der Waals surface area contributed by atoms with Crippen LogP contribution in [-0.4, -0.2) is 15.0 Å². The minimum absolute atomic E-state index is 0.298. The number of para-hydroxylation sites is 1. The van der Waals surface area contributed by atoms with Crippen LogP contribution in [0.1, 0.15) is 11.4 Å². The van der Waals surface area contributed by atoms with Gasteiger partial charge in [0.2, 0.25) is 0 Å². The van der Waals surface area contributed by atoms with E-state index in [4.69, 9.17) is 11.6 Å². The highest BCUT2D eigenvalue weighted by atomic mass is 35.5. The van der Waals surface area contributed by atoms with Crippen molar-refractivity contribution in [3.8, 4) is 0 Å². The second kappa shape index (κ2) is 5.84. The molecule has 20 heavy (non-hydrogen) atoms. The first-order chi connectivity index (χ1) is 9.86. The third kappa shape index (κ3) is 2.70. The molecule has 0 saturated heterocycles. The molecule has 5 heteroatoms. The number of fused-ring (bicyclic) bond motifs is 1. The van der Waals surface area contributed by atoms with E-state index in [0.717, 1.165) is 22.3 Å². The minimum atomic E-state index is 0.298. The van der Waals surface area contributed by atoms with Crippen molar-refractivity contribution < 1.29 is 0 Å². The molecule has 0 atom stereocenters. The number of pyridine rings is 1. The van der Waals surface area contributed by atoms with Gasteiger partial charge in [0.1, 0.15) is 11.6 Å². The summed E-state index contributed by atoms with van der Waals surface area (Å²) >= 11 is 5.85. The first kappa shape index (κ1) is 12.8. The maximum Gasteiger partial charge on any atom is 0.146 e. The topological polar surface area (TPSA) is 50.7 Å². The van der Waals surface area contributed by atoms with Crippen LogP contribution in [0, 0.1) is 0 Å². The maximum atomic E-state index is 5.85. The Morgan fingerprint density at radius 3 is 2.75 bits per heavy atom. The smallest absolute Gasteiger partial charge is 0.146 e. The van der Waals surface area contributed by atoms with Crippen LogP contribution < -0.4 is 5.32 Å². The van der Waals surface area contributed by atoms with Gasteiger partial charge in [-0.05, 0) is 23.8 Å². The van der Waals surface area contributed by atoms with Crippen molar-refractivity contribution >= 4 is 28.3 Å². The van der Waals surface area contributed by atoms with Gasteiger partial charge in [-0.25, -0.2) is 9.97 Å². The van der Waals surface area contributed by atoms with Crippen LogP contribution >= 0.6 is 11.6 Å². The van der Waals surface area contributed by atoms with Crippen molar-refractivity contribution in [3.63, 3.8) is 0 Å².